The van der Waals surface area contributed by atoms with Gasteiger partial charge >= 0.3 is 5.97 Å². The first-order valence-corrected chi connectivity index (χ1v) is 7.15. The van der Waals surface area contributed by atoms with Gasteiger partial charge in [0.15, 0.2) is 6.10 Å². The highest BCUT2D eigenvalue weighted by Crippen LogP contribution is 2.18. The summed E-state index contributed by atoms with van der Waals surface area (Å²) in [6.45, 7) is 3.46. The van der Waals surface area contributed by atoms with Crippen LogP contribution in [0.4, 0.5) is 0 Å². The Morgan fingerprint density at radius 3 is 2.55 bits per heavy atom. The van der Waals surface area contributed by atoms with Crippen LogP contribution in [0.15, 0.2) is 24.3 Å². The summed E-state index contributed by atoms with van der Waals surface area (Å²) in [5.41, 5.74) is 1.36. The number of amides is 1. The van der Waals surface area contributed by atoms with Crippen LogP contribution in [-0.4, -0.2) is 24.0 Å². The van der Waals surface area contributed by atoms with Gasteiger partial charge in [0.25, 0.3) is 5.91 Å². The number of hydrogen-bond donors (Lipinski definition) is 1. The molecule has 0 spiro atoms. The second kappa shape index (κ2) is 6.55. The van der Waals surface area contributed by atoms with Crippen molar-refractivity contribution >= 4 is 11.9 Å². The SMILES string of the molecule is Cc1ccccc1C(=O)O[C@@H](C)C(=O)NC1CCCC1. The first kappa shape index (κ1) is 14.6. The van der Waals surface area contributed by atoms with Crippen molar-refractivity contribution in [2.75, 3.05) is 0 Å². The predicted octanol–water partition coefficient (Wildman–Crippen LogP) is 2.60. The third kappa shape index (κ3) is 3.59. The summed E-state index contributed by atoms with van der Waals surface area (Å²) < 4.78 is 5.24. The summed E-state index contributed by atoms with van der Waals surface area (Å²) >= 11 is 0. The largest absolute Gasteiger partial charge is 0.449 e. The van der Waals surface area contributed by atoms with E-state index in [-0.39, 0.29) is 11.9 Å². The quantitative estimate of drug-likeness (QED) is 0.859. The van der Waals surface area contributed by atoms with Gasteiger partial charge in [-0.05, 0) is 38.3 Å². The van der Waals surface area contributed by atoms with Crippen LogP contribution in [0.1, 0.15) is 48.5 Å². The van der Waals surface area contributed by atoms with E-state index in [1.165, 1.54) is 0 Å². The molecule has 20 heavy (non-hydrogen) atoms. The van der Waals surface area contributed by atoms with Crippen molar-refractivity contribution < 1.29 is 14.3 Å². The number of ether oxygens (including phenoxy) is 1. The van der Waals surface area contributed by atoms with Gasteiger partial charge in [0.1, 0.15) is 0 Å². The van der Waals surface area contributed by atoms with Crippen molar-refractivity contribution in [3.8, 4) is 0 Å². The predicted molar refractivity (Wildman–Crippen MR) is 76.5 cm³/mol. The van der Waals surface area contributed by atoms with Crippen molar-refractivity contribution in [1.82, 2.24) is 5.32 Å². The van der Waals surface area contributed by atoms with E-state index in [9.17, 15) is 9.59 Å². The van der Waals surface area contributed by atoms with Crippen LogP contribution in [0.2, 0.25) is 0 Å². The van der Waals surface area contributed by atoms with E-state index >= 15 is 0 Å². The van der Waals surface area contributed by atoms with Gasteiger partial charge in [-0.25, -0.2) is 4.79 Å². The second-order valence-electron chi connectivity index (χ2n) is 5.35. The number of nitrogens with one attached hydrogen (secondary N) is 1. The number of aryl methyl sites for hydroxylation is 1. The third-order valence-electron chi connectivity index (χ3n) is 3.72. The van der Waals surface area contributed by atoms with Crippen LogP contribution in [0, 0.1) is 6.92 Å². The summed E-state index contributed by atoms with van der Waals surface area (Å²) in [7, 11) is 0. The van der Waals surface area contributed by atoms with E-state index in [1.54, 1.807) is 19.1 Å². The van der Waals surface area contributed by atoms with Crippen molar-refractivity contribution in [3.63, 3.8) is 0 Å². The summed E-state index contributed by atoms with van der Waals surface area (Å²) in [6, 6.07) is 7.44. The number of esters is 1. The van der Waals surface area contributed by atoms with Crippen LogP contribution < -0.4 is 5.32 Å². The van der Waals surface area contributed by atoms with Crippen molar-refractivity contribution in [3.05, 3.63) is 35.4 Å². The molecule has 0 aromatic heterocycles. The van der Waals surface area contributed by atoms with Crippen LogP contribution in [0.5, 0.6) is 0 Å². The van der Waals surface area contributed by atoms with Gasteiger partial charge in [0, 0.05) is 6.04 Å². The Hall–Kier alpha value is -1.84. The fourth-order valence-corrected chi connectivity index (χ4v) is 2.47. The Kier molecular flexibility index (Phi) is 4.77. The van der Waals surface area contributed by atoms with Gasteiger partial charge in [-0.15, -0.1) is 0 Å². The Morgan fingerprint density at radius 2 is 1.90 bits per heavy atom. The monoisotopic (exact) mass is 275 g/mol. The molecule has 0 heterocycles. The van der Waals surface area contributed by atoms with E-state index in [2.05, 4.69) is 5.32 Å². The lowest BCUT2D eigenvalue weighted by molar-refractivity contribution is -0.129. The average Bonchev–Trinajstić information content (AvgIpc) is 2.91. The molecule has 1 atom stereocenters. The smallest absolute Gasteiger partial charge is 0.339 e. The maximum Gasteiger partial charge on any atom is 0.339 e. The topological polar surface area (TPSA) is 55.4 Å². The number of rotatable bonds is 4. The highest BCUT2D eigenvalue weighted by molar-refractivity contribution is 5.93. The Balaban J connectivity index is 1.90. The Bertz CT molecular complexity index is 492. The molecule has 1 amide bonds. The summed E-state index contributed by atoms with van der Waals surface area (Å²) in [5, 5.41) is 2.93. The zero-order valence-electron chi connectivity index (χ0n) is 12.0. The van der Waals surface area contributed by atoms with Crippen molar-refractivity contribution in [2.24, 2.45) is 0 Å². The summed E-state index contributed by atoms with van der Waals surface area (Å²) in [5.74, 6) is -0.656. The van der Waals surface area contributed by atoms with Gasteiger partial charge in [-0.2, -0.15) is 0 Å². The number of hydrogen-bond acceptors (Lipinski definition) is 3. The Morgan fingerprint density at radius 1 is 1.25 bits per heavy atom. The van der Waals surface area contributed by atoms with Gasteiger partial charge in [0.2, 0.25) is 0 Å². The molecular formula is C16H21NO3. The number of carbonyl (C=O) groups excluding carboxylic acids is 2. The van der Waals surface area contributed by atoms with E-state index in [0.717, 1.165) is 31.2 Å². The molecule has 0 unspecified atom stereocenters. The minimum Gasteiger partial charge on any atom is -0.449 e. The van der Waals surface area contributed by atoms with E-state index in [4.69, 9.17) is 4.74 Å². The molecule has 1 aliphatic carbocycles. The highest BCUT2D eigenvalue weighted by Gasteiger charge is 2.23. The van der Waals surface area contributed by atoms with E-state index in [0.29, 0.717) is 5.56 Å². The first-order chi connectivity index (χ1) is 9.58. The fraction of sp³-hybridized carbons (Fsp3) is 0.500. The lowest BCUT2D eigenvalue weighted by atomic mass is 10.1. The highest BCUT2D eigenvalue weighted by atomic mass is 16.5. The number of carbonyl (C=O) groups is 2. The molecule has 1 N–H and O–H groups in total. The van der Waals surface area contributed by atoms with E-state index in [1.807, 2.05) is 19.1 Å². The molecule has 1 aromatic rings. The van der Waals surface area contributed by atoms with E-state index < -0.39 is 12.1 Å². The zero-order valence-corrected chi connectivity index (χ0v) is 12.0. The standard InChI is InChI=1S/C16H21NO3/c1-11-7-3-6-10-14(11)16(19)20-12(2)15(18)17-13-8-4-5-9-13/h3,6-7,10,12-13H,4-5,8-9H2,1-2H3,(H,17,18)/t12-/m0/s1. The third-order valence-corrected chi connectivity index (χ3v) is 3.72. The molecule has 1 aliphatic rings. The first-order valence-electron chi connectivity index (χ1n) is 7.15. The van der Waals surface area contributed by atoms with Crippen LogP contribution >= 0.6 is 0 Å². The maximum atomic E-state index is 12.0. The summed E-state index contributed by atoms with van der Waals surface area (Å²) in [6.07, 6.45) is 3.58. The molecule has 1 aromatic carbocycles. The molecule has 0 saturated heterocycles. The lowest BCUT2D eigenvalue weighted by Crippen LogP contribution is -2.40. The normalized spacial score (nSPS) is 16.7. The molecule has 0 radical (unpaired) electrons. The molecule has 108 valence electrons. The molecule has 2 rings (SSSR count). The van der Waals surface area contributed by atoms with Crippen LogP contribution in [-0.2, 0) is 9.53 Å². The average molecular weight is 275 g/mol. The second-order valence-corrected chi connectivity index (χ2v) is 5.35. The lowest BCUT2D eigenvalue weighted by Gasteiger charge is -2.17. The zero-order chi connectivity index (χ0) is 14.5. The molecule has 4 nitrogen and oxygen atoms in total. The van der Waals surface area contributed by atoms with Gasteiger partial charge in [0.05, 0.1) is 5.56 Å². The van der Waals surface area contributed by atoms with Crippen LogP contribution in [0.3, 0.4) is 0 Å². The molecule has 0 aliphatic heterocycles. The molecule has 0 bridgehead atoms. The number of benzene rings is 1. The summed E-state index contributed by atoms with van der Waals surface area (Å²) in [4.78, 5) is 24.0. The van der Waals surface area contributed by atoms with Crippen molar-refractivity contribution in [2.45, 2.75) is 51.7 Å². The van der Waals surface area contributed by atoms with Crippen LogP contribution in [0.25, 0.3) is 0 Å². The van der Waals surface area contributed by atoms with Gasteiger partial charge < -0.3 is 10.1 Å². The fourth-order valence-electron chi connectivity index (χ4n) is 2.47. The van der Waals surface area contributed by atoms with Gasteiger partial charge in [-0.1, -0.05) is 31.0 Å². The van der Waals surface area contributed by atoms with Gasteiger partial charge in [-0.3, -0.25) is 4.79 Å². The minimum atomic E-state index is -0.761. The molecule has 1 saturated carbocycles. The molecular weight excluding hydrogens is 254 g/mol. The minimum absolute atomic E-state index is 0.209. The Labute approximate surface area is 119 Å². The molecule has 4 heteroatoms. The maximum absolute atomic E-state index is 12.0. The molecule has 1 fully saturated rings. The van der Waals surface area contributed by atoms with Crippen molar-refractivity contribution in [1.29, 1.82) is 0 Å².